The maximum Gasteiger partial charge on any atom is 0.145 e. The van der Waals surface area contributed by atoms with E-state index in [-0.39, 0.29) is 5.92 Å². The van der Waals surface area contributed by atoms with Crippen molar-refractivity contribution < 1.29 is 4.39 Å². The molecule has 4 heteroatoms. The number of nitrogens with zero attached hydrogens (tertiary/aromatic N) is 3. The van der Waals surface area contributed by atoms with Crippen LogP contribution in [0.4, 0.5) is 4.39 Å². The van der Waals surface area contributed by atoms with Gasteiger partial charge in [0.2, 0.25) is 0 Å². The van der Waals surface area contributed by atoms with Crippen molar-refractivity contribution in [2.45, 2.75) is 20.0 Å². The summed E-state index contributed by atoms with van der Waals surface area (Å²) >= 11 is 0. The van der Waals surface area contributed by atoms with Crippen molar-refractivity contribution in [2.24, 2.45) is 13.0 Å². The van der Waals surface area contributed by atoms with E-state index in [0.717, 1.165) is 0 Å². The lowest BCUT2D eigenvalue weighted by molar-refractivity contribution is 0.248. The molecule has 0 bridgehead atoms. The second-order valence-electron chi connectivity index (χ2n) is 2.93. The number of halogens is 1. The molecule has 0 fully saturated rings. The molecule has 11 heavy (non-hydrogen) atoms. The van der Waals surface area contributed by atoms with Crippen LogP contribution >= 0.6 is 0 Å². The van der Waals surface area contributed by atoms with Crippen LogP contribution in [-0.2, 0) is 7.05 Å². The first-order valence-electron chi connectivity index (χ1n) is 3.61. The first-order valence-corrected chi connectivity index (χ1v) is 3.61. The molecule has 1 heterocycles. The molecule has 0 saturated heterocycles. The lowest BCUT2D eigenvalue weighted by Gasteiger charge is -2.10. The van der Waals surface area contributed by atoms with Crippen molar-refractivity contribution in [1.82, 2.24) is 15.0 Å². The van der Waals surface area contributed by atoms with Crippen LogP contribution in [0.25, 0.3) is 0 Å². The third-order valence-electron chi connectivity index (χ3n) is 1.62. The zero-order chi connectivity index (χ0) is 8.43. The van der Waals surface area contributed by atoms with E-state index in [1.54, 1.807) is 7.05 Å². The van der Waals surface area contributed by atoms with E-state index < -0.39 is 6.17 Å². The number of hydrogen-bond donors (Lipinski definition) is 0. The Kier molecular flexibility index (Phi) is 2.22. The molecule has 0 radical (unpaired) electrons. The maximum atomic E-state index is 13.3. The average Bonchev–Trinajstić information content (AvgIpc) is 2.33. The van der Waals surface area contributed by atoms with Gasteiger partial charge in [-0.2, -0.15) is 0 Å². The van der Waals surface area contributed by atoms with Gasteiger partial charge in [0.1, 0.15) is 6.17 Å². The fraction of sp³-hybridized carbons (Fsp3) is 0.714. The quantitative estimate of drug-likeness (QED) is 0.651. The van der Waals surface area contributed by atoms with Crippen molar-refractivity contribution in [3.8, 4) is 0 Å². The van der Waals surface area contributed by atoms with Gasteiger partial charge in [0.25, 0.3) is 0 Å². The van der Waals surface area contributed by atoms with Gasteiger partial charge in [0.15, 0.2) is 0 Å². The van der Waals surface area contributed by atoms with Crippen molar-refractivity contribution in [3.05, 3.63) is 11.9 Å². The van der Waals surface area contributed by atoms with E-state index in [2.05, 4.69) is 10.3 Å². The minimum absolute atomic E-state index is 0.0211. The molecule has 62 valence electrons. The van der Waals surface area contributed by atoms with Crippen LogP contribution in [0.15, 0.2) is 6.20 Å². The second kappa shape index (κ2) is 2.98. The topological polar surface area (TPSA) is 30.7 Å². The second-order valence-corrected chi connectivity index (χ2v) is 2.93. The summed E-state index contributed by atoms with van der Waals surface area (Å²) in [4.78, 5) is 0. The number of hydrogen-bond acceptors (Lipinski definition) is 2. The van der Waals surface area contributed by atoms with E-state index in [1.807, 2.05) is 13.8 Å². The highest BCUT2D eigenvalue weighted by atomic mass is 19.1. The van der Waals surface area contributed by atoms with Gasteiger partial charge in [-0.1, -0.05) is 19.1 Å². The Labute approximate surface area is 65.2 Å². The molecular weight excluding hydrogens is 145 g/mol. The molecule has 0 aliphatic rings. The molecule has 0 aliphatic heterocycles. The highest BCUT2D eigenvalue weighted by Crippen LogP contribution is 2.23. The zero-order valence-corrected chi connectivity index (χ0v) is 6.95. The molecule has 0 N–H and O–H groups in total. The van der Waals surface area contributed by atoms with Crippen molar-refractivity contribution in [1.29, 1.82) is 0 Å². The number of alkyl halides is 1. The van der Waals surface area contributed by atoms with Crippen LogP contribution in [0, 0.1) is 5.92 Å². The van der Waals surface area contributed by atoms with Crippen LogP contribution in [0.3, 0.4) is 0 Å². The van der Waals surface area contributed by atoms with E-state index >= 15 is 0 Å². The predicted octanol–water partition coefficient (Wildman–Crippen LogP) is 1.48. The summed E-state index contributed by atoms with van der Waals surface area (Å²) < 4.78 is 14.7. The summed E-state index contributed by atoms with van der Waals surface area (Å²) in [6.07, 6.45) is 0.500. The van der Waals surface area contributed by atoms with Gasteiger partial charge in [-0.3, -0.25) is 0 Å². The Hall–Kier alpha value is -0.930. The molecule has 1 aromatic heterocycles. The molecule has 1 aromatic rings. The summed E-state index contributed by atoms with van der Waals surface area (Å²) in [5.41, 5.74) is 0.542. The monoisotopic (exact) mass is 157 g/mol. The number of rotatable bonds is 2. The first-order chi connectivity index (χ1) is 5.13. The van der Waals surface area contributed by atoms with Gasteiger partial charge in [-0.15, -0.1) is 5.10 Å². The minimum atomic E-state index is -0.963. The molecule has 0 aromatic carbocycles. The lowest BCUT2D eigenvalue weighted by atomic mass is 10.1. The molecule has 0 spiro atoms. The van der Waals surface area contributed by atoms with Gasteiger partial charge in [-0.05, 0) is 5.92 Å². The molecule has 0 saturated carbocycles. The lowest BCUT2D eigenvalue weighted by Crippen LogP contribution is -2.06. The minimum Gasteiger partial charge on any atom is -0.249 e. The predicted molar refractivity (Wildman–Crippen MR) is 39.7 cm³/mol. The van der Waals surface area contributed by atoms with Crippen LogP contribution < -0.4 is 0 Å². The molecule has 0 aliphatic carbocycles. The van der Waals surface area contributed by atoms with Gasteiger partial charge < -0.3 is 0 Å². The smallest absolute Gasteiger partial charge is 0.145 e. The number of aromatic nitrogens is 3. The van der Waals surface area contributed by atoms with Crippen molar-refractivity contribution in [2.75, 3.05) is 0 Å². The van der Waals surface area contributed by atoms with E-state index in [0.29, 0.717) is 5.69 Å². The summed E-state index contributed by atoms with van der Waals surface area (Å²) in [6.45, 7) is 3.66. The molecule has 1 atom stereocenters. The van der Waals surface area contributed by atoms with E-state index in [4.69, 9.17) is 0 Å². The van der Waals surface area contributed by atoms with Gasteiger partial charge in [0, 0.05) is 7.05 Å². The highest BCUT2D eigenvalue weighted by Gasteiger charge is 2.17. The average molecular weight is 157 g/mol. The van der Waals surface area contributed by atoms with Crippen LogP contribution in [0.5, 0.6) is 0 Å². The summed E-state index contributed by atoms with van der Waals surface area (Å²) in [5.74, 6) is -0.0211. The normalized spacial score (nSPS) is 13.9. The summed E-state index contributed by atoms with van der Waals surface area (Å²) in [6, 6.07) is 0. The first kappa shape index (κ1) is 8.17. The third kappa shape index (κ3) is 1.56. The van der Waals surface area contributed by atoms with Crippen LogP contribution in [0.2, 0.25) is 0 Å². The Balaban J connectivity index is 2.84. The standard InChI is InChI=1S/C7H12FN3/c1-5(2)7(8)6-4-9-10-11(6)3/h4-5,7H,1-3H3. The van der Waals surface area contributed by atoms with Gasteiger partial charge in [0.05, 0.1) is 11.9 Å². The Morgan fingerprint density at radius 1 is 1.55 bits per heavy atom. The highest BCUT2D eigenvalue weighted by molar-refractivity contribution is 4.99. The number of aryl methyl sites for hydroxylation is 1. The maximum absolute atomic E-state index is 13.3. The molecule has 1 rings (SSSR count). The molecular formula is C7H12FN3. The van der Waals surface area contributed by atoms with Gasteiger partial charge in [-0.25, -0.2) is 9.07 Å². The van der Waals surface area contributed by atoms with E-state index in [1.165, 1.54) is 10.9 Å². The largest absolute Gasteiger partial charge is 0.249 e. The Morgan fingerprint density at radius 2 is 2.18 bits per heavy atom. The van der Waals surface area contributed by atoms with E-state index in [9.17, 15) is 4.39 Å². The summed E-state index contributed by atoms with van der Waals surface area (Å²) in [7, 11) is 1.69. The molecule has 3 nitrogen and oxygen atoms in total. The summed E-state index contributed by atoms with van der Waals surface area (Å²) in [5, 5.41) is 7.24. The third-order valence-corrected chi connectivity index (χ3v) is 1.62. The van der Waals surface area contributed by atoms with Crippen molar-refractivity contribution >= 4 is 0 Å². The van der Waals surface area contributed by atoms with Crippen LogP contribution in [-0.4, -0.2) is 15.0 Å². The Bertz CT molecular complexity index is 231. The Morgan fingerprint density at radius 3 is 2.55 bits per heavy atom. The van der Waals surface area contributed by atoms with Crippen molar-refractivity contribution in [3.63, 3.8) is 0 Å². The SMILES string of the molecule is CC(C)C(F)c1cnnn1C. The van der Waals surface area contributed by atoms with Gasteiger partial charge >= 0.3 is 0 Å². The fourth-order valence-electron chi connectivity index (χ4n) is 0.889. The molecule has 0 amide bonds. The fourth-order valence-corrected chi connectivity index (χ4v) is 0.889. The molecule has 1 unspecified atom stereocenters. The zero-order valence-electron chi connectivity index (χ0n) is 6.95. The van der Waals surface area contributed by atoms with Crippen LogP contribution in [0.1, 0.15) is 25.7 Å².